The lowest BCUT2D eigenvalue weighted by Gasteiger charge is -2.28. The van der Waals surface area contributed by atoms with E-state index in [1.807, 2.05) is 0 Å². The van der Waals surface area contributed by atoms with E-state index < -0.39 is 47.7 Å². The van der Waals surface area contributed by atoms with Crippen molar-refractivity contribution in [2.24, 2.45) is 16.9 Å². The molecule has 0 aromatic heterocycles. The van der Waals surface area contributed by atoms with E-state index in [0.29, 0.717) is 0 Å². The predicted octanol–water partition coefficient (Wildman–Crippen LogP) is 2.97. The monoisotopic (exact) mass is 384 g/mol. The Bertz CT molecular complexity index is 789. The van der Waals surface area contributed by atoms with Gasteiger partial charge in [-0.3, -0.25) is 14.6 Å². The first-order valence-electron chi connectivity index (χ1n) is 8.28. The average Bonchev–Trinajstić information content (AvgIpc) is 2.97. The Hall–Kier alpha value is -2.71. The highest BCUT2D eigenvalue weighted by molar-refractivity contribution is 6.03. The van der Waals surface area contributed by atoms with Crippen LogP contribution in [0.1, 0.15) is 17.3 Å². The fourth-order valence-electron chi connectivity index (χ4n) is 3.54. The topological polar surface area (TPSA) is 59.0 Å². The molecule has 9 heteroatoms. The first-order valence-corrected chi connectivity index (χ1v) is 8.28. The quantitative estimate of drug-likeness (QED) is 0.455. The number of fused-ring (bicyclic) bond motifs is 1. The van der Waals surface area contributed by atoms with Gasteiger partial charge in [-0.05, 0) is 37.3 Å². The number of benzene rings is 1. The molecule has 0 spiro atoms. The van der Waals surface area contributed by atoms with Crippen molar-refractivity contribution >= 4 is 18.0 Å². The number of halogens is 4. The molecule has 1 aromatic rings. The second kappa shape index (κ2) is 7.13. The molecule has 0 N–H and O–H groups in total. The summed E-state index contributed by atoms with van der Waals surface area (Å²) in [6, 6.07) is 1.57. The molecule has 2 heterocycles. The van der Waals surface area contributed by atoms with Crippen molar-refractivity contribution in [3.8, 4) is 0 Å². The summed E-state index contributed by atoms with van der Waals surface area (Å²) < 4.78 is 59.4. The third-order valence-corrected chi connectivity index (χ3v) is 4.61. The Balaban J connectivity index is 2.08. The summed E-state index contributed by atoms with van der Waals surface area (Å²) in [6.45, 7) is 1.35. The summed E-state index contributed by atoms with van der Waals surface area (Å²) in [4.78, 5) is 25.4. The smallest absolute Gasteiger partial charge is 0.395 e. The Morgan fingerprint density at radius 1 is 1.22 bits per heavy atom. The number of Topliss-reactive ketones (excluding diaryl/α,β-unsaturated/α-hetero) is 1. The largest absolute Gasteiger partial charge is 0.466 e. The summed E-state index contributed by atoms with van der Waals surface area (Å²) in [5.41, 5.74) is -0.0120. The van der Waals surface area contributed by atoms with Crippen molar-refractivity contribution < 1.29 is 31.9 Å². The van der Waals surface area contributed by atoms with E-state index in [0.717, 1.165) is 17.1 Å². The van der Waals surface area contributed by atoms with Gasteiger partial charge in [-0.1, -0.05) is 6.08 Å². The minimum absolute atomic E-state index is 0.0120. The van der Waals surface area contributed by atoms with E-state index in [1.54, 1.807) is 0 Å². The van der Waals surface area contributed by atoms with Crippen molar-refractivity contribution in [3.05, 3.63) is 47.8 Å². The lowest BCUT2D eigenvalue weighted by atomic mass is 9.83. The molecular formula is C18H16F4N2O3. The van der Waals surface area contributed by atoms with Gasteiger partial charge < -0.3 is 4.74 Å². The van der Waals surface area contributed by atoms with E-state index in [4.69, 9.17) is 4.74 Å². The van der Waals surface area contributed by atoms with E-state index >= 15 is 0 Å². The van der Waals surface area contributed by atoms with Crippen LogP contribution in [0.2, 0.25) is 0 Å². The number of hydrogen-bond donors (Lipinski definition) is 0. The summed E-state index contributed by atoms with van der Waals surface area (Å²) in [6.07, 6.45) is -0.903. The Morgan fingerprint density at radius 3 is 2.48 bits per heavy atom. The molecule has 0 amide bonds. The summed E-state index contributed by atoms with van der Waals surface area (Å²) in [7, 11) is 0. The number of carbonyl (C=O) groups is 2. The zero-order chi connectivity index (χ0) is 19.8. The molecule has 2 aliphatic heterocycles. The van der Waals surface area contributed by atoms with Crippen LogP contribution < -0.4 is 0 Å². The molecule has 0 saturated carbocycles. The number of carbonyl (C=O) groups excluding carboxylic acids is 2. The lowest BCUT2D eigenvalue weighted by molar-refractivity contribution is -0.195. The molecule has 144 valence electrons. The molecule has 4 atom stereocenters. The first-order chi connectivity index (χ1) is 12.8. The van der Waals surface area contributed by atoms with Crippen molar-refractivity contribution in [3.63, 3.8) is 0 Å². The minimum atomic E-state index is -4.75. The molecule has 3 rings (SSSR count). The van der Waals surface area contributed by atoms with Crippen molar-refractivity contribution in [2.45, 2.75) is 25.2 Å². The van der Waals surface area contributed by atoms with E-state index in [-0.39, 0.29) is 12.2 Å². The van der Waals surface area contributed by atoms with E-state index in [2.05, 4.69) is 5.10 Å². The van der Waals surface area contributed by atoms with E-state index in [9.17, 15) is 27.2 Å². The summed E-state index contributed by atoms with van der Waals surface area (Å²) >= 11 is 0. The number of ketones is 1. The number of nitrogens with zero attached hydrogens (tertiary/aromatic N) is 2. The van der Waals surface area contributed by atoms with Crippen LogP contribution in [0.15, 0.2) is 41.5 Å². The average molecular weight is 384 g/mol. The van der Waals surface area contributed by atoms with Crippen molar-refractivity contribution in [2.75, 3.05) is 6.61 Å². The third-order valence-electron chi connectivity index (χ3n) is 4.61. The van der Waals surface area contributed by atoms with Gasteiger partial charge in [0.15, 0.2) is 5.78 Å². The molecule has 0 bridgehead atoms. The number of hydrazone groups is 1. The SMILES string of the molecule is CCOC(=O)[C@H]1[C@H](C(F)(F)F)[C@@H]2C=CC=NN2[C@H]1C(=O)c1ccc(F)cc1. The van der Waals surface area contributed by atoms with Gasteiger partial charge in [-0.15, -0.1) is 0 Å². The van der Waals surface area contributed by atoms with Crippen LogP contribution in [0.25, 0.3) is 0 Å². The second-order valence-corrected chi connectivity index (χ2v) is 6.18. The maximum Gasteiger partial charge on any atom is 0.395 e. The normalized spacial score (nSPS) is 26.8. The number of rotatable bonds is 4. The molecule has 0 aliphatic carbocycles. The van der Waals surface area contributed by atoms with Crippen LogP contribution in [0.3, 0.4) is 0 Å². The molecule has 1 aromatic carbocycles. The van der Waals surface area contributed by atoms with Crippen molar-refractivity contribution in [1.82, 2.24) is 5.01 Å². The molecule has 0 unspecified atom stereocenters. The highest BCUT2D eigenvalue weighted by Gasteiger charge is 2.64. The van der Waals surface area contributed by atoms with Crippen molar-refractivity contribution in [1.29, 1.82) is 0 Å². The third kappa shape index (κ3) is 3.45. The molecular weight excluding hydrogens is 368 g/mol. The van der Waals surface area contributed by atoms with Gasteiger partial charge in [0.05, 0.1) is 18.6 Å². The lowest BCUT2D eigenvalue weighted by Crippen LogP contribution is -2.43. The maximum atomic E-state index is 13.8. The number of allylic oxidation sites excluding steroid dienone is 1. The minimum Gasteiger partial charge on any atom is -0.466 e. The first kappa shape index (κ1) is 19.1. The van der Waals surface area contributed by atoms with Gasteiger partial charge in [0.25, 0.3) is 0 Å². The highest BCUT2D eigenvalue weighted by atomic mass is 19.4. The van der Waals surface area contributed by atoms with Gasteiger partial charge >= 0.3 is 12.1 Å². The Labute approximate surface area is 152 Å². The summed E-state index contributed by atoms with van der Waals surface area (Å²) in [5.74, 6) is -6.40. The molecule has 2 aliphatic rings. The number of hydrogen-bond acceptors (Lipinski definition) is 5. The van der Waals surface area contributed by atoms with Crippen LogP contribution in [-0.2, 0) is 9.53 Å². The van der Waals surface area contributed by atoms with Gasteiger partial charge in [0.1, 0.15) is 17.8 Å². The molecule has 0 radical (unpaired) electrons. The van der Waals surface area contributed by atoms with Crippen LogP contribution in [0.5, 0.6) is 0 Å². The fourth-order valence-corrected chi connectivity index (χ4v) is 3.54. The van der Waals surface area contributed by atoms with Gasteiger partial charge in [0.2, 0.25) is 0 Å². The number of ether oxygens (including phenoxy) is 1. The highest BCUT2D eigenvalue weighted by Crippen LogP contribution is 2.47. The van der Waals surface area contributed by atoms with Gasteiger partial charge in [-0.2, -0.15) is 18.3 Å². The maximum absolute atomic E-state index is 13.8. The number of esters is 1. The molecule has 27 heavy (non-hydrogen) atoms. The molecule has 5 nitrogen and oxygen atoms in total. The zero-order valence-corrected chi connectivity index (χ0v) is 14.2. The second-order valence-electron chi connectivity index (χ2n) is 6.18. The number of alkyl halides is 3. The summed E-state index contributed by atoms with van der Waals surface area (Å²) in [5, 5.41) is 4.90. The van der Waals surface area contributed by atoms with Gasteiger partial charge in [-0.25, -0.2) is 4.39 Å². The van der Waals surface area contributed by atoms with E-state index in [1.165, 1.54) is 37.4 Å². The predicted molar refractivity (Wildman–Crippen MR) is 87.4 cm³/mol. The van der Waals surface area contributed by atoms with Crippen LogP contribution in [0.4, 0.5) is 17.6 Å². The zero-order valence-electron chi connectivity index (χ0n) is 14.2. The Kier molecular flexibility index (Phi) is 5.03. The fraction of sp³-hybridized carbons (Fsp3) is 0.389. The van der Waals surface area contributed by atoms with Gasteiger partial charge in [0, 0.05) is 11.8 Å². The standard InChI is InChI=1S/C18H16F4N2O3/c1-2-27-17(26)13-14(18(20,21)22)12-4-3-9-23-24(12)15(13)16(25)10-5-7-11(19)8-6-10/h3-9,12-15H,2H2,1H3/t12-,13-,14+,15+/m0/s1. The van der Waals surface area contributed by atoms with Crippen LogP contribution in [0, 0.1) is 17.7 Å². The molecule has 1 saturated heterocycles. The van der Waals surface area contributed by atoms with Crippen LogP contribution in [-0.4, -0.2) is 47.8 Å². The van der Waals surface area contributed by atoms with Crippen LogP contribution >= 0.6 is 0 Å². The molecule has 1 fully saturated rings. The Morgan fingerprint density at radius 2 is 1.89 bits per heavy atom.